The van der Waals surface area contributed by atoms with Crippen LogP contribution in [0.5, 0.6) is 0 Å². The summed E-state index contributed by atoms with van der Waals surface area (Å²) in [5.41, 5.74) is 1.46. The van der Waals surface area contributed by atoms with Crippen LogP contribution in [-0.2, 0) is 0 Å². The summed E-state index contributed by atoms with van der Waals surface area (Å²) in [4.78, 5) is 17.6. The lowest BCUT2D eigenvalue weighted by atomic mass is 10.1. The van der Waals surface area contributed by atoms with Crippen LogP contribution in [0.15, 0.2) is 41.2 Å². The zero-order valence-electron chi connectivity index (χ0n) is 12.1. The van der Waals surface area contributed by atoms with Gasteiger partial charge in [0.15, 0.2) is 0 Å². The predicted molar refractivity (Wildman–Crippen MR) is 87.7 cm³/mol. The third-order valence-corrected chi connectivity index (χ3v) is 3.94. The van der Waals surface area contributed by atoms with Crippen LogP contribution in [-0.4, -0.2) is 9.55 Å². The molecule has 0 fully saturated rings. The minimum Gasteiger partial charge on any atom is -0.268 e. The molecule has 2 aromatic rings. The molecule has 0 amide bonds. The van der Waals surface area contributed by atoms with Gasteiger partial charge >= 0.3 is 0 Å². The van der Waals surface area contributed by atoms with Gasteiger partial charge in [0.2, 0.25) is 0 Å². The van der Waals surface area contributed by atoms with E-state index in [4.69, 9.17) is 11.6 Å². The van der Waals surface area contributed by atoms with Crippen molar-refractivity contribution in [3.05, 3.63) is 57.6 Å². The average molecular weight is 301 g/mol. The number of halogens is 1. The van der Waals surface area contributed by atoms with Crippen molar-refractivity contribution in [3.8, 4) is 0 Å². The van der Waals surface area contributed by atoms with Crippen molar-refractivity contribution in [2.75, 3.05) is 0 Å². The molecule has 1 aromatic carbocycles. The molecule has 0 atom stereocenters. The molecular weight excluding hydrogens is 284 g/mol. The molecule has 1 heterocycles. The second-order valence-electron chi connectivity index (χ2n) is 5.51. The molecule has 3 rings (SSSR count). The number of aromatic nitrogens is 2. The molecule has 21 heavy (non-hydrogen) atoms. The highest BCUT2D eigenvalue weighted by Crippen LogP contribution is 2.24. The van der Waals surface area contributed by atoms with Crippen LogP contribution in [0.1, 0.15) is 38.4 Å². The van der Waals surface area contributed by atoms with Gasteiger partial charge < -0.3 is 0 Å². The van der Waals surface area contributed by atoms with Gasteiger partial charge in [0, 0.05) is 11.6 Å². The van der Waals surface area contributed by atoms with Gasteiger partial charge in [-0.2, -0.15) is 0 Å². The maximum Gasteiger partial charge on any atom is 0.267 e. The molecule has 1 aromatic heterocycles. The van der Waals surface area contributed by atoms with E-state index in [1.54, 1.807) is 10.6 Å². The van der Waals surface area contributed by atoms with Gasteiger partial charge in [0.05, 0.1) is 15.9 Å². The molecular formula is C17H17ClN2O. The lowest BCUT2D eigenvalue weighted by Gasteiger charge is -2.18. The number of benzene rings is 1. The van der Waals surface area contributed by atoms with E-state index in [1.807, 2.05) is 32.1 Å². The monoisotopic (exact) mass is 300 g/mol. The second kappa shape index (κ2) is 5.49. The smallest absolute Gasteiger partial charge is 0.267 e. The summed E-state index contributed by atoms with van der Waals surface area (Å²) in [5, 5.41) is 0.942. The fourth-order valence-corrected chi connectivity index (χ4v) is 2.86. The SMILES string of the molecule is CC(C)c1nc2cccc(Cl)c2c(=O)n1C1=CCCC=C1. The third-order valence-electron chi connectivity index (χ3n) is 3.62. The number of rotatable bonds is 2. The predicted octanol–water partition coefficient (Wildman–Crippen LogP) is 4.36. The van der Waals surface area contributed by atoms with E-state index in [1.165, 1.54) is 0 Å². The summed E-state index contributed by atoms with van der Waals surface area (Å²) < 4.78 is 1.70. The lowest BCUT2D eigenvalue weighted by molar-refractivity contribution is 0.729. The van der Waals surface area contributed by atoms with E-state index in [9.17, 15) is 4.79 Å². The highest BCUT2D eigenvalue weighted by Gasteiger charge is 2.17. The van der Waals surface area contributed by atoms with Gasteiger partial charge in [-0.1, -0.05) is 43.7 Å². The maximum absolute atomic E-state index is 12.9. The molecule has 0 aliphatic heterocycles. The topological polar surface area (TPSA) is 34.9 Å². The van der Waals surface area contributed by atoms with Crippen LogP contribution in [0.4, 0.5) is 0 Å². The molecule has 0 spiro atoms. The Bertz CT molecular complexity index is 815. The molecule has 0 saturated heterocycles. The largest absolute Gasteiger partial charge is 0.268 e. The van der Waals surface area contributed by atoms with Crippen LogP contribution >= 0.6 is 11.6 Å². The quantitative estimate of drug-likeness (QED) is 0.825. The van der Waals surface area contributed by atoms with Gasteiger partial charge in [-0.05, 0) is 31.1 Å². The Morgan fingerprint density at radius 2 is 2.10 bits per heavy atom. The van der Waals surface area contributed by atoms with Crippen LogP contribution in [0.3, 0.4) is 0 Å². The van der Waals surface area contributed by atoms with Crippen molar-refractivity contribution in [3.63, 3.8) is 0 Å². The summed E-state index contributed by atoms with van der Waals surface area (Å²) >= 11 is 6.21. The highest BCUT2D eigenvalue weighted by molar-refractivity contribution is 6.35. The Morgan fingerprint density at radius 1 is 1.29 bits per heavy atom. The molecule has 108 valence electrons. The van der Waals surface area contributed by atoms with Crippen molar-refractivity contribution < 1.29 is 0 Å². The van der Waals surface area contributed by atoms with E-state index in [2.05, 4.69) is 17.1 Å². The van der Waals surface area contributed by atoms with Gasteiger partial charge in [-0.15, -0.1) is 0 Å². The van der Waals surface area contributed by atoms with Crippen LogP contribution in [0.25, 0.3) is 16.6 Å². The standard InChI is InChI=1S/C17H17ClN2O/c1-11(2)16-19-14-10-6-9-13(18)15(14)17(21)20(16)12-7-4-3-5-8-12/h4,6-11H,3,5H2,1-2H3. The number of hydrogen-bond donors (Lipinski definition) is 0. The average Bonchev–Trinajstić information content (AvgIpc) is 2.47. The fraction of sp³-hybridized carbons (Fsp3) is 0.294. The summed E-state index contributed by atoms with van der Waals surface area (Å²) in [6.45, 7) is 4.09. The van der Waals surface area contributed by atoms with Crippen LogP contribution in [0.2, 0.25) is 5.02 Å². The van der Waals surface area contributed by atoms with E-state index in [0.717, 1.165) is 24.4 Å². The normalized spacial score (nSPS) is 14.8. The van der Waals surface area contributed by atoms with Crippen molar-refractivity contribution in [1.29, 1.82) is 0 Å². The Hall–Kier alpha value is -1.87. The number of hydrogen-bond acceptors (Lipinski definition) is 2. The van der Waals surface area contributed by atoms with Gasteiger partial charge in [0.1, 0.15) is 5.82 Å². The van der Waals surface area contributed by atoms with Gasteiger partial charge in [-0.25, -0.2) is 4.98 Å². The molecule has 0 radical (unpaired) electrons. The zero-order chi connectivity index (χ0) is 15.0. The van der Waals surface area contributed by atoms with Crippen molar-refractivity contribution in [2.24, 2.45) is 0 Å². The van der Waals surface area contributed by atoms with E-state index in [-0.39, 0.29) is 11.5 Å². The van der Waals surface area contributed by atoms with E-state index >= 15 is 0 Å². The number of fused-ring (bicyclic) bond motifs is 1. The van der Waals surface area contributed by atoms with E-state index in [0.29, 0.717) is 15.9 Å². The molecule has 4 heteroatoms. The molecule has 0 saturated carbocycles. The summed E-state index contributed by atoms with van der Waals surface area (Å²) in [6.07, 6.45) is 8.11. The van der Waals surface area contributed by atoms with Crippen LogP contribution < -0.4 is 5.56 Å². The summed E-state index contributed by atoms with van der Waals surface area (Å²) in [6, 6.07) is 5.40. The van der Waals surface area contributed by atoms with E-state index < -0.39 is 0 Å². The Kier molecular flexibility index (Phi) is 3.68. The maximum atomic E-state index is 12.9. The fourth-order valence-electron chi connectivity index (χ4n) is 2.61. The first-order valence-corrected chi connectivity index (χ1v) is 7.55. The summed E-state index contributed by atoms with van der Waals surface area (Å²) in [5.74, 6) is 0.921. The van der Waals surface area contributed by atoms with Crippen molar-refractivity contribution in [2.45, 2.75) is 32.6 Å². The second-order valence-corrected chi connectivity index (χ2v) is 5.92. The van der Waals surface area contributed by atoms with Crippen molar-refractivity contribution in [1.82, 2.24) is 9.55 Å². The molecule has 0 unspecified atom stereocenters. The molecule has 3 nitrogen and oxygen atoms in total. The Balaban J connectivity index is 2.41. The Labute approximate surface area is 128 Å². The minimum atomic E-state index is -0.0906. The van der Waals surface area contributed by atoms with Gasteiger partial charge in [-0.3, -0.25) is 9.36 Å². The molecule has 0 N–H and O–H groups in total. The van der Waals surface area contributed by atoms with Crippen LogP contribution in [0, 0.1) is 0 Å². The third kappa shape index (κ3) is 2.42. The summed E-state index contributed by atoms with van der Waals surface area (Å²) in [7, 11) is 0. The van der Waals surface area contributed by atoms with Gasteiger partial charge in [0.25, 0.3) is 5.56 Å². The molecule has 1 aliphatic carbocycles. The first-order chi connectivity index (χ1) is 10.1. The number of allylic oxidation sites excluding steroid dienone is 4. The molecule has 1 aliphatic rings. The zero-order valence-corrected chi connectivity index (χ0v) is 12.9. The Morgan fingerprint density at radius 3 is 2.76 bits per heavy atom. The molecule has 0 bridgehead atoms. The number of nitrogens with zero attached hydrogens (tertiary/aromatic N) is 2. The van der Waals surface area contributed by atoms with Crippen molar-refractivity contribution >= 4 is 28.2 Å². The minimum absolute atomic E-state index is 0.0906. The lowest BCUT2D eigenvalue weighted by Crippen LogP contribution is -2.25. The first-order valence-electron chi connectivity index (χ1n) is 7.18. The first kappa shape index (κ1) is 14.1. The highest BCUT2D eigenvalue weighted by atomic mass is 35.5.